The quantitative estimate of drug-likeness (QED) is 0.344. The Morgan fingerprint density at radius 1 is 1.33 bits per heavy atom. The number of anilines is 3. The van der Waals surface area contributed by atoms with Crippen LogP contribution in [0.25, 0.3) is 10.9 Å². The highest BCUT2D eigenvalue weighted by Crippen LogP contribution is 2.26. The zero-order chi connectivity index (χ0) is 19.6. The Morgan fingerprint density at radius 2 is 2.11 bits per heavy atom. The van der Waals surface area contributed by atoms with Gasteiger partial charge in [0.05, 0.1) is 17.1 Å². The SMILES string of the molecule is CC(C=O)N(N)c1nc(Nc2ccc3cccnc3c2)c(C(N)=O)cc1F. The number of carbonyl (C=O) groups is 2. The average Bonchev–Trinajstić information content (AvgIpc) is 2.67. The van der Waals surface area contributed by atoms with E-state index in [0.29, 0.717) is 12.0 Å². The third kappa shape index (κ3) is 3.67. The number of halogens is 1. The van der Waals surface area contributed by atoms with Crippen LogP contribution in [0.5, 0.6) is 0 Å². The number of hydrazine groups is 1. The first-order valence-corrected chi connectivity index (χ1v) is 8.02. The van der Waals surface area contributed by atoms with Crippen molar-refractivity contribution in [1.82, 2.24) is 9.97 Å². The van der Waals surface area contributed by atoms with Gasteiger partial charge in [0.2, 0.25) is 0 Å². The first kappa shape index (κ1) is 18.2. The zero-order valence-corrected chi connectivity index (χ0v) is 14.4. The van der Waals surface area contributed by atoms with E-state index in [1.54, 1.807) is 18.3 Å². The van der Waals surface area contributed by atoms with Gasteiger partial charge in [-0.3, -0.25) is 14.8 Å². The summed E-state index contributed by atoms with van der Waals surface area (Å²) >= 11 is 0. The molecule has 3 rings (SSSR count). The molecule has 0 aliphatic heterocycles. The molecule has 0 saturated heterocycles. The number of hydrogen-bond acceptors (Lipinski definition) is 7. The minimum atomic E-state index is -0.870. The molecule has 0 aliphatic carbocycles. The third-order valence-corrected chi connectivity index (χ3v) is 3.97. The molecular formula is C18H17FN6O2. The Hall–Kier alpha value is -3.59. The smallest absolute Gasteiger partial charge is 0.252 e. The van der Waals surface area contributed by atoms with Gasteiger partial charge in [0, 0.05) is 17.3 Å². The van der Waals surface area contributed by atoms with E-state index in [1.807, 2.05) is 18.2 Å². The van der Waals surface area contributed by atoms with Gasteiger partial charge < -0.3 is 15.8 Å². The molecule has 1 atom stereocenters. The Balaban J connectivity index is 2.05. The maximum absolute atomic E-state index is 14.3. The lowest BCUT2D eigenvalue weighted by Gasteiger charge is -2.22. The summed E-state index contributed by atoms with van der Waals surface area (Å²) in [6.07, 6.45) is 2.20. The summed E-state index contributed by atoms with van der Waals surface area (Å²) in [4.78, 5) is 31.0. The molecule has 138 valence electrons. The van der Waals surface area contributed by atoms with Gasteiger partial charge in [-0.1, -0.05) is 12.1 Å². The minimum Gasteiger partial charge on any atom is -0.365 e. The van der Waals surface area contributed by atoms with E-state index >= 15 is 0 Å². The number of nitrogens with two attached hydrogens (primary N) is 2. The van der Waals surface area contributed by atoms with Gasteiger partial charge in [-0.15, -0.1) is 0 Å². The number of aromatic nitrogens is 2. The van der Waals surface area contributed by atoms with Gasteiger partial charge in [0.1, 0.15) is 12.1 Å². The molecule has 0 fully saturated rings. The average molecular weight is 368 g/mol. The van der Waals surface area contributed by atoms with Crippen LogP contribution in [0.2, 0.25) is 0 Å². The maximum atomic E-state index is 14.3. The topological polar surface area (TPSA) is 127 Å². The second-order valence-corrected chi connectivity index (χ2v) is 5.87. The van der Waals surface area contributed by atoms with Crippen LogP contribution < -0.4 is 21.9 Å². The van der Waals surface area contributed by atoms with Crippen LogP contribution in [-0.2, 0) is 4.79 Å². The fourth-order valence-corrected chi connectivity index (χ4v) is 2.48. The molecule has 0 bridgehead atoms. The normalized spacial score (nSPS) is 11.8. The molecule has 5 N–H and O–H groups in total. The maximum Gasteiger partial charge on any atom is 0.252 e. The van der Waals surface area contributed by atoms with Crippen LogP contribution in [0, 0.1) is 5.82 Å². The molecule has 1 unspecified atom stereocenters. The lowest BCUT2D eigenvalue weighted by molar-refractivity contribution is -0.108. The number of carbonyl (C=O) groups excluding carboxylic acids is 2. The van der Waals surface area contributed by atoms with Crippen molar-refractivity contribution in [1.29, 1.82) is 0 Å². The molecule has 1 aromatic carbocycles. The molecule has 0 aliphatic rings. The van der Waals surface area contributed by atoms with Gasteiger partial charge >= 0.3 is 0 Å². The second kappa shape index (κ2) is 7.34. The number of nitrogens with zero attached hydrogens (tertiary/aromatic N) is 3. The number of amides is 1. The van der Waals surface area contributed by atoms with E-state index in [2.05, 4.69) is 15.3 Å². The summed E-state index contributed by atoms with van der Waals surface area (Å²) < 4.78 is 14.3. The predicted octanol–water partition coefficient (Wildman–Crippen LogP) is 1.88. The van der Waals surface area contributed by atoms with Crippen molar-refractivity contribution in [3.05, 3.63) is 54.0 Å². The number of rotatable bonds is 6. The molecule has 0 spiro atoms. The highest BCUT2D eigenvalue weighted by atomic mass is 19.1. The van der Waals surface area contributed by atoms with E-state index in [9.17, 15) is 14.0 Å². The van der Waals surface area contributed by atoms with Gasteiger partial charge in [-0.05, 0) is 31.2 Å². The van der Waals surface area contributed by atoms with Crippen molar-refractivity contribution in [2.45, 2.75) is 13.0 Å². The summed E-state index contributed by atoms with van der Waals surface area (Å²) in [6.45, 7) is 1.48. The van der Waals surface area contributed by atoms with Crippen molar-refractivity contribution >= 4 is 40.4 Å². The first-order valence-electron chi connectivity index (χ1n) is 8.02. The molecule has 9 heteroatoms. The van der Waals surface area contributed by atoms with Crippen molar-refractivity contribution in [2.24, 2.45) is 11.6 Å². The molecule has 27 heavy (non-hydrogen) atoms. The fraction of sp³-hybridized carbons (Fsp3) is 0.111. The molecule has 3 aromatic rings. The van der Waals surface area contributed by atoms with Crippen molar-refractivity contribution in [3.8, 4) is 0 Å². The number of fused-ring (bicyclic) bond motifs is 1. The van der Waals surface area contributed by atoms with Crippen LogP contribution in [0.4, 0.5) is 21.7 Å². The standard InChI is InChI=1S/C18H17FN6O2/c1-10(9-26)25(21)18-14(19)8-13(16(20)27)17(24-18)23-12-5-4-11-3-2-6-22-15(11)7-12/h2-10H,21H2,1H3,(H2,20,27)(H,23,24). The third-order valence-electron chi connectivity index (χ3n) is 3.97. The Kier molecular flexibility index (Phi) is 4.95. The number of primary amides is 1. The van der Waals surface area contributed by atoms with Crippen molar-refractivity contribution in [2.75, 3.05) is 10.3 Å². The molecule has 1 amide bonds. The van der Waals surface area contributed by atoms with Gasteiger partial charge in [0.25, 0.3) is 5.91 Å². The number of aldehydes is 1. The summed E-state index contributed by atoms with van der Waals surface area (Å²) in [5, 5.41) is 4.74. The van der Waals surface area contributed by atoms with Gasteiger partial charge in [-0.2, -0.15) is 0 Å². The molecule has 2 aromatic heterocycles. The van der Waals surface area contributed by atoms with E-state index < -0.39 is 17.8 Å². The van der Waals surface area contributed by atoms with Gasteiger partial charge in [0.15, 0.2) is 11.6 Å². The highest BCUT2D eigenvalue weighted by molar-refractivity contribution is 5.99. The summed E-state index contributed by atoms with van der Waals surface area (Å²) in [6, 6.07) is 9.18. The summed E-state index contributed by atoms with van der Waals surface area (Å²) in [7, 11) is 0. The largest absolute Gasteiger partial charge is 0.365 e. The minimum absolute atomic E-state index is 0.0164. The predicted molar refractivity (Wildman–Crippen MR) is 99.9 cm³/mol. The van der Waals surface area contributed by atoms with E-state index in [1.165, 1.54) is 6.92 Å². The van der Waals surface area contributed by atoms with E-state index in [4.69, 9.17) is 11.6 Å². The molecular weight excluding hydrogens is 351 g/mol. The van der Waals surface area contributed by atoms with Crippen LogP contribution in [0.3, 0.4) is 0 Å². The zero-order valence-electron chi connectivity index (χ0n) is 14.4. The molecule has 8 nitrogen and oxygen atoms in total. The monoisotopic (exact) mass is 368 g/mol. The van der Waals surface area contributed by atoms with Crippen LogP contribution in [-0.4, -0.2) is 28.2 Å². The van der Waals surface area contributed by atoms with Gasteiger partial charge in [-0.25, -0.2) is 15.2 Å². The van der Waals surface area contributed by atoms with Crippen LogP contribution in [0.1, 0.15) is 17.3 Å². The van der Waals surface area contributed by atoms with E-state index in [0.717, 1.165) is 22.0 Å². The Labute approximate surface area is 154 Å². The van der Waals surface area contributed by atoms with Crippen molar-refractivity contribution in [3.63, 3.8) is 0 Å². The summed E-state index contributed by atoms with van der Waals surface area (Å²) in [5.41, 5.74) is 6.49. The molecule has 0 radical (unpaired) electrons. The van der Waals surface area contributed by atoms with E-state index in [-0.39, 0.29) is 17.2 Å². The van der Waals surface area contributed by atoms with Crippen LogP contribution >= 0.6 is 0 Å². The summed E-state index contributed by atoms with van der Waals surface area (Å²) in [5.74, 6) is 3.75. The Bertz CT molecular complexity index is 1030. The van der Waals surface area contributed by atoms with Crippen LogP contribution in [0.15, 0.2) is 42.6 Å². The number of nitrogens with one attached hydrogen (secondary N) is 1. The lowest BCUT2D eigenvalue weighted by Crippen LogP contribution is -2.41. The fourth-order valence-electron chi connectivity index (χ4n) is 2.48. The molecule has 2 heterocycles. The lowest BCUT2D eigenvalue weighted by atomic mass is 10.2. The number of benzene rings is 1. The number of hydrogen-bond donors (Lipinski definition) is 3. The second-order valence-electron chi connectivity index (χ2n) is 5.87. The number of pyridine rings is 2. The molecule has 0 saturated carbocycles. The highest BCUT2D eigenvalue weighted by Gasteiger charge is 2.21. The first-order chi connectivity index (χ1) is 12.9. The van der Waals surface area contributed by atoms with Crippen molar-refractivity contribution < 1.29 is 14.0 Å². The Morgan fingerprint density at radius 3 is 2.81 bits per heavy atom.